The highest BCUT2D eigenvalue weighted by Crippen LogP contribution is 2.38. The van der Waals surface area contributed by atoms with Crippen molar-refractivity contribution in [3.8, 4) is 23.0 Å². The molecule has 0 unspecified atom stereocenters. The smallest absolute Gasteiger partial charge is 0.228 e. The molecule has 2 aromatic rings. The standard InChI is InChI=1S/C18H22N2O5/c1-22-12-5-6-13(19)14(10-12)20-17(21)9-11-7-15(23-2)18(25-4)16(8-11)24-3/h5-8,10H,9,19H2,1-4H3,(H,20,21). The van der Waals surface area contributed by atoms with Gasteiger partial charge in [-0.25, -0.2) is 0 Å². The lowest BCUT2D eigenvalue weighted by Crippen LogP contribution is -2.15. The first-order chi connectivity index (χ1) is 12.0. The molecule has 25 heavy (non-hydrogen) atoms. The van der Waals surface area contributed by atoms with Crippen molar-refractivity contribution >= 4 is 17.3 Å². The number of anilines is 2. The fraction of sp³-hybridized carbons (Fsp3) is 0.278. The Kier molecular flexibility index (Phi) is 5.94. The Morgan fingerprint density at radius 3 is 2.12 bits per heavy atom. The maximum absolute atomic E-state index is 12.4. The summed E-state index contributed by atoms with van der Waals surface area (Å²) in [7, 11) is 6.13. The summed E-state index contributed by atoms with van der Waals surface area (Å²) in [5.74, 6) is 1.84. The zero-order valence-electron chi connectivity index (χ0n) is 14.7. The van der Waals surface area contributed by atoms with Crippen LogP contribution >= 0.6 is 0 Å². The van der Waals surface area contributed by atoms with Crippen LogP contribution in [0, 0.1) is 0 Å². The maximum atomic E-state index is 12.4. The Labute approximate surface area is 146 Å². The number of benzene rings is 2. The number of ether oxygens (including phenoxy) is 4. The predicted octanol–water partition coefficient (Wildman–Crippen LogP) is 2.48. The van der Waals surface area contributed by atoms with Crippen LogP contribution in [-0.4, -0.2) is 34.3 Å². The number of nitrogens with one attached hydrogen (secondary N) is 1. The Balaban J connectivity index is 2.20. The van der Waals surface area contributed by atoms with Crippen LogP contribution in [0.15, 0.2) is 30.3 Å². The maximum Gasteiger partial charge on any atom is 0.228 e. The van der Waals surface area contributed by atoms with Crippen LogP contribution in [0.5, 0.6) is 23.0 Å². The molecule has 0 radical (unpaired) electrons. The van der Waals surface area contributed by atoms with Crippen LogP contribution < -0.4 is 30.0 Å². The van der Waals surface area contributed by atoms with Gasteiger partial charge in [-0.2, -0.15) is 0 Å². The third-order valence-electron chi connectivity index (χ3n) is 3.62. The van der Waals surface area contributed by atoms with Crippen molar-refractivity contribution in [1.82, 2.24) is 0 Å². The molecule has 0 fully saturated rings. The summed E-state index contributed by atoms with van der Waals surface area (Å²) < 4.78 is 21.0. The van der Waals surface area contributed by atoms with E-state index >= 15 is 0 Å². The molecule has 0 saturated carbocycles. The lowest BCUT2D eigenvalue weighted by Gasteiger charge is -2.14. The topological polar surface area (TPSA) is 92.0 Å². The van der Waals surface area contributed by atoms with Crippen LogP contribution in [-0.2, 0) is 11.2 Å². The van der Waals surface area contributed by atoms with E-state index in [4.69, 9.17) is 24.7 Å². The molecule has 0 saturated heterocycles. The molecular formula is C18H22N2O5. The summed E-state index contributed by atoms with van der Waals surface area (Å²) >= 11 is 0. The first kappa shape index (κ1) is 18.3. The number of methoxy groups -OCH3 is 4. The Morgan fingerprint density at radius 1 is 0.960 bits per heavy atom. The van der Waals surface area contributed by atoms with Gasteiger partial charge in [-0.05, 0) is 29.8 Å². The van der Waals surface area contributed by atoms with E-state index < -0.39 is 0 Å². The number of rotatable bonds is 7. The fourth-order valence-corrected chi connectivity index (χ4v) is 2.39. The normalized spacial score (nSPS) is 10.1. The number of nitrogens with two attached hydrogens (primary N) is 1. The highest BCUT2D eigenvalue weighted by molar-refractivity contribution is 5.95. The van der Waals surface area contributed by atoms with E-state index in [1.807, 2.05) is 0 Å². The van der Waals surface area contributed by atoms with Crippen LogP contribution in [0.3, 0.4) is 0 Å². The third kappa shape index (κ3) is 4.26. The second-order valence-corrected chi connectivity index (χ2v) is 5.21. The van der Waals surface area contributed by atoms with Crippen LogP contribution in [0.4, 0.5) is 11.4 Å². The number of amides is 1. The van der Waals surface area contributed by atoms with Crippen molar-refractivity contribution in [3.63, 3.8) is 0 Å². The van der Waals surface area contributed by atoms with Gasteiger partial charge < -0.3 is 30.0 Å². The largest absolute Gasteiger partial charge is 0.497 e. The molecule has 1 amide bonds. The number of hydrogen-bond acceptors (Lipinski definition) is 6. The zero-order chi connectivity index (χ0) is 18.4. The molecule has 0 heterocycles. The van der Waals surface area contributed by atoms with Crippen LogP contribution in [0.1, 0.15) is 5.56 Å². The molecule has 2 rings (SSSR count). The van der Waals surface area contributed by atoms with Gasteiger partial charge in [0.05, 0.1) is 46.2 Å². The lowest BCUT2D eigenvalue weighted by atomic mass is 10.1. The molecule has 0 bridgehead atoms. The molecule has 134 valence electrons. The summed E-state index contributed by atoms with van der Waals surface area (Å²) in [4.78, 5) is 12.4. The lowest BCUT2D eigenvalue weighted by molar-refractivity contribution is -0.115. The summed E-state index contributed by atoms with van der Waals surface area (Å²) in [6.45, 7) is 0. The van der Waals surface area contributed by atoms with Crippen molar-refractivity contribution in [2.75, 3.05) is 39.5 Å². The van der Waals surface area contributed by atoms with Gasteiger partial charge in [0.25, 0.3) is 0 Å². The Hall–Kier alpha value is -3.09. The minimum Gasteiger partial charge on any atom is -0.497 e. The SMILES string of the molecule is COc1ccc(N)c(NC(=O)Cc2cc(OC)c(OC)c(OC)c2)c1. The minimum absolute atomic E-state index is 0.118. The van der Waals surface area contributed by atoms with E-state index in [1.165, 1.54) is 21.3 Å². The molecule has 3 N–H and O–H groups in total. The van der Waals surface area contributed by atoms with Crippen molar-refractivity contribution in [3.05, 3.63) is 35.9 Å². The van der Waals surface area contributed by atoms with E-state index in [9.17, 15) is 4.79 Å². The fourth-order valence-electron chi connectivity index (χ4n) is 2.39. The second kappa shape index (κ2) is 8.14. The van der Waals surface area contributed by atoms with Gasteiger partial charge in [0.1, 0.15) is 5.75 Å². The first-order valence-electron chi connectivity index (χ1n) is 7.54. The van der Waals surface area contributed by atoms with Gasteiger partial charge in [0, 0.05) is 6.07 Å². The van der Waals surface area contributed by atoms with Crippen molar-refractivity contribution in [1.29, 1.82) is 0 Å². The number of nitrogen functional groups attached to an aromatic ring is 1. The van der Waals surface area contributed by atoms with Gasteiger partial charge in [0.2, 0.25) is 11.7 Å². The van der Waals surface area contributed by atoms with Gasteiger partial charge in [0.15, 0.2) is 11.5 Å². The molecule has 7 nitrogen and oxygen atoms in total. The molecule has 0 aliphatic carbocycles. The van der Waals surface area contributed by atoms with Gasteiger partial charge in [-0.3, -0.25) is 4.79 Å². The summed E-state index contributed by atoms with van der Waals surface area (Å²) in [6.07, 6.45) is 0.118. The molecule has 0 aliphatic rings. The average molecular weight is 346 g/mol. The van der Waals surface area contributed by atoms with Crippen molar-refractivity contribution < 1.29 is 23.7 Å². The van der Waals surface area contributed by atoms with E-state index in [-0.39, 0.29) is 12.3 Å². The number of hydrogen-bond donors (Lipinski definition) is 2. The Morgan fingerprint density at radius 2 is 1.60 bits per heavy atom. The molecule has 0 atom stereocenters. The first-order valence-corrected chi connectivity index (χ1v) is 7.54. The average Bonchev–Trinajstić information content (AvgIpc) is 2.62. The summed E-state index contributed by atoms with van der Waals surface area (Å²) in [5, 5.41) is 2.78. The number of carbonyl (C=O) groups is 1. The van der Waals surface area contributed by atoms with Gasteiger partial charge >= 0.3 is 0 Å². The van der Waals surface area contributed by atoms with E-state index in [0.29, 0.717) is 39.9 Å². The van der Waals surface area contributed by atoms with Gasteiger partial charge in [-0.15, -0.1) is 0 Å². The van der Waals surface area contributed by atoms with Crippen LogP contribution in [0.25, 0.3) is 0 Å². The highest BCUT2D eigenvalue weighted by Gasteiger charge is 2.15. The second-order valence-electron chi connectivity index (χ2n) is 5.21. The Bertz CT molecular complexity index is 736. The molecule has 0 aromatic heterocycles. The quantitative estimate of drug-likeness (QED) is 0.748. The minimum atomic E-state index is -0.228. The zero-order valence-corrected chi connectivity index (χ0v) is 14.7. The molecule has 0 aliphatic heterocycles. The summed E-state index contributed by atoms with van der Waals surface area (Å²) in [5.41, 5.74) is 7.56. The van der Waals surface area contributed by atoms with Crippen molar-refractivity contribution in [2.45, 2.75) is 6.42 Å². The summed E-state index contributed by atoms with van der Waals surface area (Å²) in [6, 6.07) is 8.53. The monoisotopic (exact) mass is 346 g/mol. The highest BCUT2D eigenvalue weighted by atomic mass is 16.5. The number of carbonyl (C=O) groups excluding carboxylic acids is 1. The molecular weight excluding hydrogens is 324 g/mol. The molecule has 0 spiro atoms. The van der Waals surface area contributed by atoms with E-state index in [0.717, 1.165) is 0 Å². The van der Waals surface area contributed by atoms with Crippen LogP contribution in [0.2, 0.25) is 0 Å². The van der Waals surface area contributed by atoms with Crippen molar-refractivity contribution in [2.24, 2.45) is 0 Å². The molecule has 7 heteroatoms. The predicted molar refractivity (Wildman–Crippen MR) is 95.8 cm³/mol. The molecule has 2 aromatic carbocycles. The third-order valence-corrected chi connectivity index (χ3v) is 3.62. The van der Waals surface area contributed by atoms with Gasteiger partial charge in [-0.1, -0.05) is 0 Å². The van der Waals surface area contributed by atoms with E-state index in [1.54, 1.807) is 37.4 Å². The van der Waals surface area contributed by atoms with E-state index in [2.05, 4.69) is 5.32 Å².